The highest BCUT2D eigenvalue weighted by atomic mass is 16.5. The fourth-order valence-electron chi connectivity index (χ4n) is 2.45. The maximum atomic E-state index is 11.1. The van der Waals surface area contributed by atoms with Crippen LogP contribution in [-0.4, -0.2) is 18.6 Å². The summed E-state index contributed by atoms with van der Waals surface area (Å²) in [7, 11) is 0. The maximum Gasteiger partial charge on any atom is 0.305 e. The normalized spacial score (nSPS) is 21.7. The molecule has 1 fully saturated rings. The number of rotatable bonds is 7. The predicted octanol–water partition coefficient (Wildman–Crippen LogP) is 2.90. The highest BCUT2D eigenvalue weighted by Gasteiger charge is 2.29. The van der Waals surface area contributed by atoms with E-state index in [1.54, 1.807) is 0 Å². The molecule has 0 aliphatic heterocycles. The van der Waals surface area contributed by atoms with Crippen molar-refractivity contribution in [2.45, 2.75) is 45.2 Å². The first-order chi connectivity index (χ1) is 9.29. The summed E-state index contributed by atoms with van der Waals surface area (Å²) in [5.41, 5.74) is 1.32. The average molecular weight is 261 g/mol. The highest BCUT2D eigenvalue weighted by molar-refractivity contribution is 5.68. The highest BCUT2D eigenvalue weighted by Crippen LogP contribution is 2.30. The minimum atomic E-state index is -0.0897. The minimum absolute atomic E-state index is 0.0897. The van der Waals surface area contributed by atoms with Crippen LogP contribution < -0.4 is 5.32 Å². The molecule has 0 heterocycles. The Morgan fingerprint density at radius 1 is 1.32 bits per heavy atom. The first-order valence-corrected chi connectivity index (χ1v) is 7.22. The van der Waals surface area contributed by atoms with Crippen LogP contribution in [0.4, 0.5) is 0 Å². The van der Waals surface area contributed by atoms with Gasteiger partial charge >= 0.3 is 5.97 Å². The first kappa shape index (κ1) is 14.1. The predicted molar refractivity (Wildman–Crippen MR) is 75.7 cm³/mol. The molecule has 3 nitrogen and oxygen atoms in total. The standard InChI is InChI=1S/C16H23NO2/c1-2-16(18)19-11-10-14-8-9-15(14)17-12-13-6-4-3-5-7-13/h3-7,14-15,17H,2,8-12H2,1H3. The maximum absolute atomic E-state index is 11.1. The Bertz CT molecular complexity index is 391. The van der Waals surface area contributed by atoms with Crippen LogP contribution in [0.15, 0.2) is 30.3 Å². The summed E-state index contributed by atoms with van der Waals surface area (Å²) in [5.74, 6) is 0.571. The number of carbonyl (C=O) groups excluding carboxylic acids is 1. The zero-order valence-corrected chi connectivity index (χ0v) is 11.6. The van der Waals surface area contributed by atoms with Crippen LogP contribution >= 0.6 is 0 Å². The third kappa shape index (κ3) is 4.35. The molecule has 0 aromatic heterocycles. The van der Waals surface area contributed by atoms with Crippen LogP contribution in [0.5, 0.6) is 0 Å². The second-order valence-corrected chi connectivity index (χ2v) is 5.17. The number of esters is 1. The van der Waals surface area contributed by atoms with E-state index >= 15 is 0 Å². The first-order valence-electron chi connectivity index (χ1n) is 7.22. The van der Waals surface area contributed by atoms with E-state index in [4.69, 9.17) is 4.74 Å². The van der Waals surface area contributed by atoms with E-state index in [1.807, 2.05) is 13.0 Å². The summed E-state index contributed by atoms with van der Waals surface area (Å²) in [4.78, 5) is 11.1. The molecule has 1 saturated carbocycles. The Morgan fingerprint density at radius 3 is 2.74 bits per heavy atom. The van der Waals surface area contributed by atoms with E-state index in [0.29, 0.717) is 25.0 Å². The third-order valence-electron chi connectivity index (χ3n) is 3.87. The third-order valence-corrected chi connectivity index (χ3v) is 3.87. The monoisotopic (exact) mass is 261 g/mol. The summed E-state index contributed by atoms with van der Waals surface area (Å²) in [5, 5.41) is 3.60. The van der Waals surface area contributed by atoms with Crippen molar-refractivity contribution in [3.8, 4) is 0 Å². The quantitative estimate of drug-likeness (QED) is 0.767. The number of benzene rings is 1. The average Bonchev–Trinajstić information content (AvgIpc) is 2.43. The summed E-state index contributed by atoms with van der Waals surface area (Å²) in [6.07, 6.45) is 3.94. The molecule has 104 valence electrons. The SMILES string of the molecule is CCC(=O)OCCC1CCC1NCc1ccccc1. The lowest BCUT2D eigenvalue weighted by molar-refractivity contribution is -0.143. The number of carbonyl (C=O) groups is 1. The van der Waals surface area contributed by atoms with Gasteiger partial charge in [-0.1, -0.05) is 37.3 Å². The van der Waals surface area contributed by atoms with Gasteiger partial charge in [-0.15, -0.1) is 0 Å². The molecule has 0 bridgehead atoms. The topological polar surface area (TPSA) is 38.3 Å². The molecule has 0 amide bonds. The molecule has 0 saturated heterocycles. The van der Waals surface area contributed by atoms with Gasteiger partial charge in [0.2, 0.25) is 0 Å². The Hall–Kier alpha value is -1.35. The van der Waals surface area contributed by atoms with Crippen molar-refractivity contribution in [3.05, 3.63) is 35.9 Å². The van der Waals surface area contributed by atoms with Gasteiger partial charge < -0.3 is 10.1 Å². The van der Waals surface area contributed by atoms with E-state index in [2.05, 4.69) is 29.6 Å². The van der Waals surface area contributed by atoms with Gasteiger partial charge in [0, 0.05) is 19.0 Å². The molecule has 1 N–H and O–H groups in total. The summed E-state index contributed by atoms with van der Waals surface area (Å²) in [6, 6.07) is 11.0. The summed E-state index contributed by atoms with van der Waals surface area (Å²) in [6.45, 7) is 3.33. The molecule has 2 rings (SSSR count). The molecule has 1 aromatic carbocycles. The molecule has 0 radical (unpaired) electrons. The molecule has 2 unspecified atom stereocenters. The molecular formula is C16H23NO2. The smallest absolute Gasteiger partial charge is 0.305 e. The number of hydrogen-bond acceptors (Lipinski definition) is 3. The van der Waals surface area contributed by atoms with Crippen molar-refractivity contribution < 1.29 is 9.53 Å². The van der Waals surface area contributed by atoms with E-state index < -0.39 is 0 Å². The lowest BCUT2D eigenvalue weighted by atomic mass is 9.77. The lowest BCUT2D eigenvalue weighted by Crippen LogP contribution is -2.44. The van der Waals surface area contributed by atoms with Crippen molar-refractivity contribution in [1.29, 1.82) is 0 Å². The van der Waals surface area contributed by atoms with Gasteiger partial charge in [0.1, 0.15) is 0 Å². The molecule has 0 spiro atoms. The van der Waals surface area contributed by atoms with Crippen molar-refractivity contribution in [2.24, 2.45) is 5.92 Å². The molecule has 1 aromatic rings. The Balaban J connectivity index is 1.64. The Labute approximate surface area is 115 Å². The van der Waals surface area contributed by atoms with Gasteiger partial charge in [-0.05, 0) is 30.7 Å². The molecular weight excluding hydrogens is 238 g/mol. The van der Waals surface area contributed by atoms with E-state index in [1.165, 1.54) is 18.4 Å². The zero-order valence-electron chi connectivity index (χ0n) is 11.6. The van der Waals surface area contributed by atoms with Crippen LogP contribution in [0.1, 0.15) is 38.2 Å². The van der Waals surface area contributed by atoms with Crippen molar-refractivity contribution in [1.82, 2.24) is 5.32 Å². The van der Waals surface area contributed by atoms with Gasteiger partial charge in [-0.3, -0.25) is 4.79 Å². The van der Waals surface area contributed by atoms with Gasteiger partial charge in [0.15, 0.2) is 0 Å². The second kappa shape index (κ2) is 7.29. The van der Waals surface area contributed by atoms with Crippen LogP contribution in [0.3, 0.4) is 0 Å². The summed E-state index contributed by atoms with van der Waals surface area (Å²) < 4.78 is 5.14. The van der Waals surface area contributed by atoms with Crippen LogP contribution in [0.2, 0.25) is 0 Å². The molecule has 3 heteroatoms. The lowest BCUT2D eigenvalue weighted by Gasteiger charge is -2.37. The van der Waals surface area contributed by atoms with Crippen LogP contribution in [-0.2, 0) is 16.1 Å². The van der Waals surface area contributed by atoms with Gasteiger partial charge in [0.05, 0.1) is 6.61 Å². The van der Waals surface area contributed by atoms with Crippen molar-refractivity contribution in [2.75, 3.05) is 6.61 Å². The summed E-state index contributed by atoms with van der Waals surface area (Å²) >= 11 is 0. The second-order valence-electron chi connectivity index (χ2n) is 5.17. The molecule has 1 aliphatic carbocycles. The number of hydrogen-bond donors (Lipinski definition) is 1. The van der Waals surface area contributed by atoms with E-state index in [0.717, 1.165) is 13.0 Å². The minimum Gasteiger partial charge on any atom is -0.466 e. The molecule has 1 aliphatic rings. The number of nitrogens with one attached hydrogen (secondary N) is 1. The fourth-order valence-corrected chi connectivity index (χ4v) is 2.45. The Morgan fingerprint density at radius 2 is 2.11 bits per heavy atom. The van der Waals surface area contributed by atoms with Gasteiger partial charge in [-0.25, -0.2) is 0 Å². The largest absolute Gasteiger partial charge is 0.466 e. The van der Waals surface area contributed by atoms with Gasteiger partial charge in [0.25, 0.3) is 0 Å². The van der Waals surface area contributed by atoms with Crippen LogP contribution in [0.25, 0.3) is 0 Å². The number of ether oxygens (including phenoxy) is 1. The Kier molecular flexibility index (Phi) is 5.40. The zero-order chi connectivity index (χ0) is 13.5. The van der Waals surface area contributed by atoms with E-state index in [9.17, 15) is 4.79 Å². The van der Waals surface area contributed by atoms with Gasteiger partial charge in [-0.2, -0.15) is 0 Å². The fraction of sp³-hybridized carbons (Fsp3) is 0.562. The van der Waals surface area contributed by atoms with Crippen molar-refractivity contribution in [3.63, 3.8) is 0 Å². The van der Waals surface area contributed by atoms with E-state index in [-0.39, 0.29) is 5.97 Å². The molecule has 2 atom stereocenters. The van der Waals surface area contributed by atoms with Crippen LogP contribution in [0, 0.1) is 5.92 Å². The molecule has 19 heavy (non-hydrogen) atoms. The van der Waals surface area contributed by atoms with Crippen molar-refractivity contribution >= 4 is 5.97 Å².